The van der Waals surface area contributed by atoms with Gasteiger partial charge in [0.15, 0.2) is 0 Å². The van der Waals surface area contributed by atoms with Crippen molar-refractivity contribution >= 4 is 11.8 Å². The van der Waals surface area contributed by atoms with Gasteiger partial charge in [0.2, 0.25) is 5.91 Å². The third-order valence-electron chi connectivity index (χ3n) is 6.83. The average Bonchev–Trinajstić information content (AvgIpc) is 3.05. The first-order valence-corrected chi connectivity index (χ1v) is 10.9. The summed E-state index contributed by atoms with van der Waals surface area (Å²) >= 11 is 0. The number of carbonyl (C=O) groups excluding carboxylic acids is 2. The van der Waals surface area contributed by atoms with E-state index >= 15 is 0 Å². The number of amides is 2. The van der Waals surface area contributed by atoms with Gasteiger partial charge in [-0.25, -0.2) is 0 Å². The molecule has 2 N–H and O–H groups in total. The number of aromatic nitrogens is 2. The van der Waals surface area contributed by atoms with E-state index in [1.54, 1.807) is 4.68 Å². The van der Waals surface area contributed by atoms with Gasteiger partial charge in [-0.05, 0) is 52.0 Å². The molecule has 1 aromatic heterocycles. The van der Waals surface area contributed by atoms with Crippen molar-refractivity contribution in [2.75, 3.05) is 33.2 Å². The van der Waals surface area contributed by atoms with Crippen LogP contribution >= 0.6 is 0 Å². The van der Waals surface area contributed by atoms with Crippen LogP contribution in [0.15, 0.2) is 0 Å². The first kappa shape index (κ1) is 20.3. The molecule has 1 aliphatic heterocycles. The molecule has 3 aliphatic rings. The molecule has 1 aromatic rings. The van der Waals surface area contributed by atoms with Gasteiger partial charge in [0.1, 0.15) is 5.69 Å². The van der Waals surface area contributed by atoms with E-state index in [0.29, 0.717) is 25.0 Å². The highest BCUT2D eigenvalue weighted by molar-refractivity contribution is 5.94. The Labute approximate surface area is 172 Å². The van der Waals surface area contributed by atoms with Crippen LogP contribution in [-0.4, -0.2) is 81.9 Å². The molecule has 8 nitrogen and oxygen atoms in total. The van der Waals surface area contributed by atoms with Crippen molar-refractivity contribution in [2.24, 2.45) is 13.0 Å². The first-order chi connectivity index (χ1) is 13.9. The Morgan fingerprint density at radius 1 is 1.07 bits per heavy atom. The van der Waals surface area contributed by atoms with Crippen molar-refractivity contribution in [3.05, 3.63) is 17.0 Å². The topological polar surface area (TPSA) is 90.7 Å². The maximum Gasteiger partial charge on any atom is 0.270 e. The second kappa shape index (κ2) is 8.44. The van der Waals surface area contributed by atoms with Crippen LogP contribution in [0.25, 0.3) is 0 Å². The number of aryl methyl sites for hydroxylation is 2. The van der Waals surface area contributed by atoms with Gasteiger partial charge >= 0.3 is 0 Å². The number of aliphatic hydroxyl groups excluding tert-OH is 1. The third kappa shape index (κ3) is 4.19. The van der Waals surface area contributed by atoms with Crippen LogP contribution in [0, 0.1) is 5.92 Å². The molecule has 1 saturated heterocycles. The zero-order valence-electron chi connectivity index (χ0n) is 17.6. The number of aliphatic hydroxyl groups is 1. The highest BCUT2D eigenvalue weighted by Crippen LogP contribution is 2.28. The van der Waals surface area contributed by atoms with Crippen LogP contribution in [0.1, 0.15) is 53.8 Å². The smallest absolute Gasteiger partial charge is 0.270 e. The fraction of sp³-hybridized carbons (Fsp3) is 0.762. The Morgan fingerprint density at radius 3 is 2.52 bits per heavy atom. The van der Waals surface area contributed by atoms with Crippen molar-refractivity contribution in [1.29, 1.82) is 0 Å². The molecule has 0 unspecified atom stereocenters. The molecule has 2 fully saturated rings. The lowest BCUT2D eigenvalue weighted by atomic mass is 9.82. The van der Waals surface area contributed by atoms with E-state index in [1.807, 2.05) is 11.9 Å². The van der Waals surface area contributed by atoms with Gasteiger partial charge in [-0.3, -0.25) is 14.3 Å². The lowest BCUT2D eigenvalue weighted by Gasteiger charge is -2.38. The minimum atomic E-state index is -0.696. The van der Waals surface area contributed by atoms with E-state index < -0.39 is 6.10 Å². The molecule has 2 amide bonds. The van der Waals surface area contributed by atoms with Crippen LogP contribution in [0.5, 0.6) is 0 Å². The molecule has 4 rings (SSSR count). The minimum Gasteiger partial charge on any atom is -0.391 e. The second-order valence-corrected chi connectivity index (χ2v) is 8.89. The number of likely N-dealkylation sites (N-methyl/N-ethyl adjacent to an activating group) is 1. The van der Waals surface area contributed by atoms with E-state index in [2.05, 4.69) is 22.4 Å². The van der Waals surface area contributed by atoms with Gasteiger partial charge in [-0.15, -0.1) is 0 Å². The Balaban J connectivity index is 1.35. The molecule has 3 atom stereocenters. The summed E-state index contributed by atoms with van der Waals surface area (Å²) in [6.45, 7) is 3.31. The lowest BCUT2D eigenvalue weighted by molar-refractivity contribution is -0.139. The fourth-order valence-corrected chi connectivity index (χ4v) is 5.03. The van der Waals surface area contributed by atoms with E-state index in [1.165, 1.54) is 0 Å². The Morgan fingerprint density at radius 2 is 1.79 bits per heavy atom. The molecule has 0 bridgehead atoms. The van der Waals surface area contributed by atoms with Crippen LogP contribution in [-0.2, 0) is 24.7 Å². The summed E-state index contributed by atoms with van der Waals surface area (Å²) in [5, 5.41) is 18.2. The number of rotatable bonds is 3. The van der Waals surface area contributed by atoms with E-state index in [0.717, 1.165) is 63.1 Å². The summed E-state index contributed by atoms with van der Waals surface area (Å²) in [6, 6.07) is -0.312. The van der Waals surface area contributed by atoms with Gasteiger partial charge < -0.3 is 20.2 Å². The molecular formula is C21H33N5O3. The van der Waals surface area contributed by atoms with Crippen molar-refractivity contribution in [1.82, 2.24) is 24.9 Å². The number of piperazine rings is 1. The normalized spacial score (nSPS) is 28.1. The number of hydrogen-bond acceptors (Lipinski definition) is 5. The lowest BCUT2D eigenvalue weighted by Crippen LogP contribution is -2.52. The predicted molar refractivity (Wildman–Crippen MR) is 109 cm³/mol. The van der Waals surface area contributed by atoms with Gasteiger partial charge in [0.25, 0.3) is 5.91 Å². The van der Waals surface area contributed by atoms with Crippen LogP contribution in [0.4, 0.5) is 0 Å². The number of nitrogens with zero attached hydrogens (tertiary/aromatic N) is 4. The first-order valence-electron chi connectivity index (χ1n) is 10.9. The van der Waals surface area contributed by atoms with Crippen LogP contribution < -0.4 is 5.32 Å². The van der Waals surface area contributed by atoms with E-state index in [4.69, 9.17) is 0 Å². The molecular weight excluding hydrogens is 370 g/mol. The van der Waals surface area contributed by atoms with Gasteiger partial charge in [0, 0.05) is 44.7 Å². The maximum absolute atomic E-state index is 12.9. The standard InChI is InChI=1S/C21H33N5O3/c1-24-9-11-26(12-10-24)21(29)14-7-8-17(18(27)13-14)22-20(28)19-15-5-3-4-6-16(15)23-25(19)2/h14,17-18,27H,3-13H2,1-2H3,(H,22,28)/t14-,17-,18-/m0/s1. The van der Waals surface area contributed by atoms with E-state index in [-0.39, 0.29) is 23.8 Å². The highest BCUT2D eigenvalue weighted by atomic mass is 16.3. The summed E-state index contributed by atoms with van der Waals surface area (Å²) in [7, 11) is 3.88. The van der Waals surface area contributed by atoms with Crippen molar-refractivity contribution in [3.63, 3.8) is 0 Å². The Hall–Kier alpha value is -1.93. The van der Waals surface area contributed by atoms with Crippen molar-refractivity contribution < 1.29 is 14.7 Å². The summed E-state index contributed by atoms with van der Waals surface area (Å²) in [6.07, 6.45) is 5.07. The molecule has 0 aromatic carbocycles. The molecule has 8 heteroatoms. The number of carbonyl (C=O) groups is 2. The number of nitrogens with one attached hydrogen (secondary N) is 1. The molecule has 0 radical (unpaired) electrons. The van der Waals surface area contributed by atoms with Gasteiger partial charge in [-0.2, -0.15) is 5.10 Å². The molecule has 160 valence electrons. The Kier molecular flexibility index (Phi) is 5.92. The monoisotopic (exact) mass is 403 g/mol. The second-order valence-electron chi connectivity index (χ2n) is 8.89. The van der Waals surface area contributed by atoms with Crippen LogP contribution in [0.3, 0.4) is 0 Å². The largest absolute Gasteiger partial charge is 0.391 e. The van der Waals surface area contributed by atoms with Crippen molar-refractivity contribution in [3.8, 4) is 0 Å². The molecule has 2 aliphatic carbocycles. The zero-order chi connectivity index (χ0) is 20.5. The highest BCUT2D eigenvalue weighted by Gasteiger charge is 2.37. The molecule has 1 saturated carbocycles. The predicted octanol–water partition coefficient (Wildman–Crippen LogP) is 0.332. The summed E-state index contributed by atoms with van der Waals surface area (Å²) in [5.74, 6) is -0.148. The summed E-state index contributed by atoms with van der Waals surface area (Å²) < 4.78 is 1.68. The summed E-state index contributed by atoms with van der Waals surface area (Å²) in [5.41, 5.74) is 2.72. The third-order valence-corrected chi connectivity index (χ3v) is 6.83. The number of fused-ring (bicyclic) bond motifs is 1. The molecule has 0 spiro atoms. The average molecular weight is 404 g/mol. The van der Waals surface area contributed by atoms with E-state index in [9.17, 15) is 14.7 Å². The van der Waals surface area contributed by atoms with Crippen molar-refractivity contribution in [2.45, 2.75) is 57.1 Å². The minimum absolute atomic E-state index is 0.147. The zero-order valence-corrected chi connectivity index (χ0v) is 17.6. The molecule has 29 heavy (non-hydrogen) atoms. The maximum atomic E-state index is 12.9. The van der Waals surface area contributed by atoms with Gasteiger partial charge in [-0.1, -0.05) is 0 Å². The van der Waals surface area contributed by atoms with Gasteiger partial charge in [0.05, 0.1) is 17.8 Å². The number of hydrogen-bond donors (Lipinski definition) is 2. The Bertz CT molecular complexity index is 769. The summed E-state index contributed by atoms with van der Waals surface area (Å²) in [4.78, 5) is 29.9. The fourth-order valence-electron chi connectivity index (χ4n) is 5.03. The van der Waals surface area contributed by atoms with Crippen LogP contribution in [0.2, 0.25) is 0 Å². The quantitative estimate of drug-likeness (QED) is 0.759. The molecule has 2 heterocycles. The SMILES string of the molecule is CN1CCN(C(=O)[C@H]2CC[C@H](NC(=O)c3c4c(nn3C)CCCC4)[C@@H](O)C2)CC1.